The average Bonchev–Trinajstić information content (AvgIpc) is 3.88. The van der Waals surface area contributed by atoms with Crippen molar-refractivity contribution in [3.8, 4) is 73.3 Å². The molecule has 12 aromatic rings. The molecule has 0 radical (unpaired) electrons. The maximum absolute atomic E-state index is 15.2. The Kier molecular flexibility index (Phi) is 9.18. The second-order valence-electron chi connectivity index (χ2n) is 16.4. The quantitative estimate of drug-likeness (QED) is 0.160. The van der Waals surface area contributed by atoms with Crippen LogP contribution in [0.1, 0.15) is 5.56 Å². The average molecular weight is 852 g/mol. The van der Waals surface area contributed by atoms with Crippen LogP contribution in [0.3, 0.4) is 0 Å². The fourth-order valence-electron chi connectivity index (χ4n) is 9.55. The largest absolute Gasteiger partial charge is 0.308 e. The van der Waals surface area contributed by atoms with Gasteiger partial charge in [-0.05, 0) is 83.4 Å². The predicted molar refractivity (Wildman–Crippen MR) is 263 cm³/mol. The van der Waals surface area contributed by atoms with Gasteiger partial charge >= 0.3 is 0 Å². The minimum atomic E-state index is -0.708. The molecule has 310 valence electrons. The highest BCUT2D eigenvalue weighted by molar-refractivity contribution is 6.13. The maximum atomic E-state index is 15.2. The van der Waals surface area contributed by atoms with Crippen LogP contribution in [0.25, 0.3) is 111 Å². The summed E-state index contributed by atoms with van der Waals surface area (Å²) in [6.07, 6.45) is 3.80. The number of halogens is 2. The molecule has 5 nitrogen and oxygen atoms in total. The summed E-state index contributed by atoms with van der Waals surface area (Å²) >= 11 is 0. The predicted octanol–water partition coefficient (Wildman–Crippen LogP) is 15.2. The van der Waals surface area contributed by atoms with Gasteiger partial charge in [0.15, 0.2) is 0 Å². The molecule has 0 unspecified atom stereocenters. The smallest absolute Gasteiger partial charge is 0.126 e. The van der Waals surface area contributed by atoms with Crippen molar-refractivity contribution in [2.75, 3.05) is 0 Å². The third-order valence-corrected chi connectivity index (χ3v) is 12.6. The first-order chi connectivity index (χ1) is 32.5. The Labute approximate surface area is 378 Å². The first kappa shape index (κ1) is 38.7. The topological polar surface area (TPSA) is 59.4 Å². The van der Waals surface area contributed by atoms with E-state index in [0.717, 1.165) is 94.4 Å². The summed E-state index contributed by atoms with van der Waals surface area (Å²) < 4.78 is 34.6. The minimum Gasteiger partial charge on any atom is -0.308 e. The molecule has 8 aromatic carbocycles. The van der Waals surface area contributed by atoms with Gasteiger partial charge in [0.05, 0.1) is 44.8 Å². The Morgan fingerprint density at radius 2 is 0.848 bits per heavy atom. The molecule has 0 aliphatic rings. The van der Waals surface area contributed by atoms with Gasteiger partial charge in [-0.15, -0.1) is 0 Å². The number of fused-ring (bicyclic) bond motifs is 6. The number of hydrogen-bond acceptors (Lipinski definition) is 3. The van der Waals surface area contributed by atoms with E-state index in [1.807, 2.05) is 116 Å². The van der Waals surface area contributed by atoms with Crippen molar-refractivity contribution in [1.82, 2.24) is 19.1 Å². The summed E-state index contributed by atoms with van der Waals surface area (Å²) in [6, 6.07) is 67.2. The Morgan fingerprint density at radius 1 is 0.379 bits per heavy atom. The van der Waals surface area contributed by atoms with E-state index < -0.39 is 11.6 Å². The lowest BCUT2D eigenvalue weighted by atomic mass is 9.97. The summed E-state index contributed by atoms with van der Waals surface area (Å²) in [5.74, 6) is -1.42. The maximum Gasteiger partial charge on any atom is 0.126 e. The molecule has 0 aliphatic heterocycles. The molecule has 66 heavy (non-hydrogen) atoms. The van der Waals surface area contributed by atoms with Gasteiger partial charge in [0, 0.05) is 67.8 Å². The van der Waals surface area contributed by atoms with Crippen LogP contribution in [0, 0.1) is 23.0 Å². The van der Waals surface area contributed by atoms with Crippen molar-refractivity contribution < 1.29 is 8.78 Å². The van der Waals surface area contributed by atoms with E-state index in [9.17, 15) is 5.26 Å². The van der Waals surface area contributed by atoms with Gasteiger partial charge in [-0.3, -0.25) is 9.97 Å². The standard InChI is InChI=1S/C59H35F2N5/c60-44-29-43(30-45(61)33-44)46-23-28-58(65-54-17-9-7-15-47(54)49-31-39(21-26-56(49)65)41-19-24-52(63-35-41)37-11-3-1-4-12-37)51(34-62)59(46)66-55-18-10-8-16-48(55)50-32-40(22-27-57(50)66)42-20-25-53(64-36-42)38-13-5-2-6-14-38/h1-33,35-36H. The molecule has 12 rings (SSSR count). The molecule has 0 bridgehead atoms. The van der Waals surface area contributed by atoms with Gasteiger partial charge in [0.2, 0.25) is 0 Å². The van der Waals surface area contributed by atoms with E-state index in [-0.39, 0.29) is 0 Å². The van der Waals surface area contributed by atoms with Crippen LogP contribution in [0.4, 0.5) is 8.78 Å². The Hall–Kier alpha value is -8.99. The van der Waals surface area contributed by atoms with E-state index in [0.29, 0.717) is 28.1 Å². The number of benzene rings is 8. The van der Waals surface area contributed by atoms with E-state index in [1.165, 1.54) is 12.1 Å². The summed E-state index contributed by atoms with van der Waals surface area (Å²) in [6.45, 7) is 0. The van der Waals surface area contributed by atoms with Crippen LogP contribution in [0.5, 0.6) is 0 Å². The van der Waals surface area contributed by atoms with Crippen LogP contribution in [-0.2, 0) is 0 Å². The molecular weight excluding hydrogens is 817 g/mol. The third kappa shape index (κ3) is 6.43. The number of nitriles is 1. The van der Waals surface area contributed by atoms with Gasteiger partial charge in [0.1, 0.15) is 23.3 Å². The number of pyridine rings is 2. The van der Waals surface area contributed by atoms with Gasteiger partial charge in [-0.2, -0.15) is 5.26 Å². The molecule has 0 fully saturated rings. The second-order valence-corrected chi connectivity index (χ2v) is 16.4. The van der Waals surface area contributed by atoms with Gasteiger partial charge in [-0.25, -0.2) is 8.78 Å². The second kappa shape index (κ2) is 15.7. The van der Waals surface area contributed by atoms with Crippen molar-refractivity contribution >= 4 is 43.6 Å². The number of para-hydroxylation sites is 2. The molecule has 4 aromatic heterocycles. The minimum absolute atomic E-state index is 0.316. The van der Waals surface area contributed by atoms with E-state index in [2.05, 4.69) is 94.1 Å². The zero-order valence-electron chi connectivity index (χ0n) is 35.2. The van der Waals surface area contributed by atoms with Crippen molar-refractivity contribution in [2.45, 2.75) is 0 Å². The van der Waals surface area contributed by atoms with Crippen LogP contribution in [0.2, 0.25) is 0 Å². The van der Waals surface area contributed by atoms with Crippen LogP contribution in [0.15, 0.2) is 213 Å². The summed E-state index contributed by atoms with van der Waals surface area (Å²) in [5.41, 5.74) is 13.6. The highest BCUT2D eigenvalue weighted by atomic mass is 19.1. The highest BCUT2D eigenvalue weighted by Crippen LogP contribution is 2.43. The molecule has 0 aliphatic carbocycles. The summed E-state index contributed by atoms with van der Waals surface area (Å²) in [5, 5.41) is 15.5. The van der Waals surface area contributed by atoms with Gasteiger partial charge in [0.25, 0.3) is 0 Å². The van der Waals surface area contributed by atoms with E-state index >= 15 is 8.78 Å². The monoisotopic (exact) mass is 851 g/mol. The molecule has 7 heteroatoms. The van der Waals surface area contributed by atoms with Crippen molar-refractivity contribution in [1.29, 1.82) is 5.26 Å². The molecular formula is C59H35F2N5. The van der Waals surface area contributed by atoms with Gasteiger partial charge in [-0.1, -0.05) is 127 Å². The Morgan fingerprint density at radius 3 is 1.36 bits per heavy atom. The number of rotatable bonds is 7. The first-order valence-corrected chi connectivity index (χ1v) is 21.7. The molecule has 0 amide bonds. The Balaban J connectivity index is 1.07. The SMILES string of the molecule is N#Cc1c(-n2c3ccccc3c3cc(-c4ccc(-c5ccccc5)nc4)ccc32)ccc(-c2cc(F)cc(F)c2)c1-n1c2ccccc2c2cc(-c3ccc(-c4ccccc4)nc3)ccc21. The summed E-state index contributed by atoms with van der Waals surface area (Å²) in [7, 11) is 0. The number of nitrogens with zero attached hydrogens (tertiary/aromatic N) is 5. The van der Waals surface area contributed by atoms with Crippen molar-refractivity contribution in [2.24, 2.45) is 0 Å². The van der Waals surface area contributed by atoms with Crippen molar-refractivity contribution in [3.05, 3.63) is 230 Å². The molecule has 0 N–H and O–H groups in total. The third-order valence-electron chi connectivity index (χ3n) is 12.6. The van der Waals surface area contributed by atoms with Crippen LogP contribution < -0.4 is 0 Å². The molecule has 0 saturated heterocycles. The van der Waals surface area contributed by atoms with Crippen molar-refractivity contribution in [3.63, 3.8) is 0 Å². The fourth-order valence-corrected chi connectivity index (χ4v) is 9.55. The van der Waals surface area contributed by atoms with E-state index in [4.69, 9.17) is 9.97 Å². The normalized spacial score (nSPS) is 11.5. The fraction of sp³-hybridized carbons (Fsp3) is 0. The molecule has 0 saturated carbocycles. The highest BCUT2D eigenvalue weighted by Gasteiger charge is 2.25. The number of hydrogen-bond donors (Lipinski definition) is 0. The molecule has 4 heterocycles. The van der Waals surface area contributed by atoms with E-state index in [1.54, 1.807) is 0 Å². The summed E-state index contributed by atoms with van der Waals surface area (Å²) in [4.78, 5) is 9.61. The lowest BCUT2D eigenvalue weighted by Crippen LogP contribution is -2.06. The molecule has 0 spiro atoms. The first-order valence-electron chi connectivity index (χ1n) is 21.7. The van der Waals surface area contributed by atoms with Crippen LogP contribution >= 0.6 is 0 Å². The zero-order chi connectivity index (χ0) is 44.3. The lowest BCUT2D eigenvalue weighted by Gasteiger charge is -2.20. The lowest BCUT2D eigenvalue weighted by molar-refractivity contribution is 0.584. The van der Waals surface area contributed by atoms with Gasteiger partial charge < -0.3 is 9.13 Å². The Bertz CT molecular complexity index is 3860. The molecule has 0 atom stereocenters. The van der Waals surface area contributed by atoms with Crippen LogP contribution in [-0.4, -0.2) is 19.1 Å². The zero-order valence-corrected chi connectivity index (χ0v) is 35.2. The number of aromatic nitrogens is 4.